The lowest BCUT2D eigenvalue weighted by atomic mass is 9.99. The van der Waals surface area contributed by atoms with Crippen LogP contribution in [0.3, 0.4) is 0 Å². The molecule has 0 heterocycles. The highest BCUT2D eigenvalue weighted by Crippen LogP contribution is 2.45. The molecule has 0 aromatic rings. The van der Waals surface area contributed by atoms with Gasteiger partial charge in [0.2, 0.25) is 0 Å². The van der Waals surface area contributed by atoms with Crippen LogP contribution in [0.4, 0.5) is 0 Å². The monoisotopic (exact) mass is 1400 g/mol. The molecule has 6 atom stereocenters. The van der Waals surface area contributed by atoms with Crippen LogP contribution in [0.25, 0.3) is 0 Å². The zero-order chi connectivity index (χ0) is 69.8. The Bertz CT molecular complexity index is 1820. The summed E-state index contributed by atoms with van der Waals surface area (Å²) in [4.78, 5) is 72.8. The lowest BCUT2D eigenvalue weighted by Gasteiger charge is -2.21. The summed E-state index contributed by atoms with van der Waals surface area (Å²) in [6.45, 7) is 7.28. The molecule has 0 fully saturated rings. The van der Waals surface area contributed by atoms with Crippen molar-refractivity contribution in [3.05, 3.63) is 0 Å². The maximum absolute atomic E-state index is 13.1. The van der Waals surface area contributed by atoms with E-state index in [1.54, 1.807) is 0 Å². The van der Waals surface area contributed by atoms with E-state index in [0.29, 0.717) is 25.7 Å². The van der Waals surface area contributed by atoms with Crippen molar-refractivity contribution < 1.29 is 80.2 Å². The maximum Gasteiger partial charge on any atom is 0.472 e. The number of carbonyl (C=O) groups excluding carboxylic acids is 4. The fraction of sp³-hybridized carbons (Fsp3) is 0.947. The van der Waals surface area contributed by atoms with Gasteiger partial charge in [0.05, 0.1) is 26.4 Å². The Labute approximate surface area is 581 Å². The van der Waals surface area contributed by atoms with Gasteiger partial charge in [-0.1, -0.05) is 349 Å². The van der Waals surface area contributed by atoms with Crippen LogP contribution < -0.4 is 0 Å². The predicted octanol–water partition coefficient (Wildman–Crippen LogP) is 22.5. The lowest BCUT2D eigenvalue weighted by molar-refractivity contribution is -0.161. The van der Waals surface area contributed by atoms with E-state index in [0.717, 1.165) is 95.8 Å². The molecule has 0 rings (SSSR count). The number of aliphatic hydroxyl groups excluding tert-OH is 1. The van der Waals surface area contributed by atoms with Gasteiger partial charge in [-0.25, -0.2) is 9.13 Å². The summed E-state index contributed by atoms with van der Waals surface area (Å²) in [5.41, 5.74) is 0. The molecule has 0 amide bonds. The number of rotatable bonds is 76. The summed E-state index contributed by atoms with van der Waals surface area (Å²) in [7, 11) is -9.91. The van der Waals surface area contributed by atoms with E-state index in [1.165, 1.54) is 225 Å². The number of unbranched alkanes of at least 4 members (excludes halogenated alkanes) is 47. The molecule has 3 unspecified atom stereocenters. The van der Waals surface area contributed by atoms with Crippen molar-refractivity contribution in [1.82, 2.24) is 0 Å². The van der Waals surface area contributed by atoms with E-state index in [1.807, 2.05) is 0 Å². The highest BCUT2D eigenvalue weighted by molar-refractivity contribution is 7.47. The third-order valence-corrected chi connectivity index (χ3v) is 20.0. The fourth-order valence-corrected chi connectivity index (χ4v) is 13.3. The van der Waals surface area contributed by atoms with E-state index in [2.05, 4.69) is 34.6 Å². The van der Waals surface area contributed by atoms with Gasteiger partial charge in [-0.2, -0.15) is 0 Å². The number of hydrogen-bond acceptors (Lipinski definition) is 15. The Morgan fingerprint density at radius 1 is 0.295 bits per heavy atom. The van der Waals surface area contributed by atoms with Crippen molar-refractivity contribution in [3.63, 3.8) is 0 Å². The first-order chi connectivity index (χ1) is 46.1. The highest BCUT2D eigenvalue weighted by Gasteiger charge is 2.30. The van der Waals surface area contributed by atoms with Crippen molar-refractivity contribution in [2.75, 3.05) is 39.6 Å². The number of phosphoric acid groups is 2. The van der Waals surface area contributed by atoms with E-state index >= 15 is 0 Å². The van der Waals surface area contributed by atoms with Crippen molar-refractivity contribution in [1.29, 1.82) is 0 Å². The quantitative estimate of drug-likeness (QED) is 0.0222. The first-order valence-corrected chi connectivity index (χ1v) is 42.7. The standard InChI is InChI=1S/C76H148O17P2/c1-6-10-13-16-19-22-25-27-28-29-30-31-32-33-35-37-40-46-51-56-61-75(80)92-71(65-87-74(79)60-55-50-45-39-36-34-26-23-20-17-14-11-7-2)67-90-94(82,83)88-63-70(77)64-89-95(84,85)91-68-72(66-86-73(78)59-54-49-44-38-24-21-18-15-12-8-3)93-76(81)62-57-52-47-42-41-43-48-53-58-69(5)9-4/h69-72,77H,6-68H2,1-5H3,(H,82,83)(H,84,85)/t69?,70-,71-,72-/m1/s1. The van der Waals surface area contributed by atoms with Crippen LogP contribution >= 0.6 is 15.6 Å². The average molecular weight is 1400 g/mol. The van der Waals surface area contributed by atoms with Gasteiger partial charge < -0.3 is 33.8 Å². The van der Waals surface area contributed by atoms with Gasteiger partial charge in [-0.15, -0.1) is 0 Å². The van der Waals surface area contributed by atoms with Gasteiger partial charge in [0.15, 0.2) is 12.2 Å². The molecule has 0 radical (unpaired) electrons. The van der Waals surface area contributed by atoms with Gasteiger partial charge in [0, 0.05) is 25.7 Å². The van der Waals surface area contributed by atoms with Crippen LogP contribution in [0.5, 0.6) is 0 Å². The summed E-state index contributed by atoms with van der Waals surface area (Å²) in [6, 6.07) is 0. The Hall–Kier alpha value is -1.94. The Morgan fingerprint density at radius 2 is 0.505 bits per heavy atom. The van der Waals surface area contributed by atoms with E-state index in [-0.39, 0.29) is 25.7 Å². The van der Waals surface area contributed by atoms with E-state index in [9.17, 15) is 43.2 Å². The summed E-state index contributed by atoms with van der Waals surface area (Å²) >= 11 is 0. The molecule has 3 N–H and O–H groups in total. The van der Waals surface area contributed by atoms with Crippen molar-refractivity contribution in [3.8, 4) is 0 Å². The van der Waals surface area contributed by atoms with Crippen LogP contribution in [0.2, 0.25) is 0 Å². The number of carbonyl (C=O) groups is 4. The van der Waals surface area contributed by atoms with Crippen molar-refractivity contribution in [2.24, 2.45) is 5.92 Å². The van der Waals surface area contributed by atoms with E-state index < -0.39 is 97.5 Å². The molecule has 564 valence electrons. The third-order valence-electron chi connectivity index (χ3n) is 18.1. The second-order valence-electron chi connectivity index (χ2n) is 27.6. The highest BCUT2D eigenvalue weighted by atomic mass is 31.2. The predicted molar refractivity (Wildman–Crippen MR) is 386 cm³/mol. The number of esters is 4. The molecule has 19 heteroatoms. The lowest BCUT2D eigenvalue weighted by Crippen LogP contribution is -2.30. The first kappa shape index (κ1) is 93.1. The minimum absolute atomic E-state index is 0.106. The minimum atomic E-state index is -4.96. The summed E-state index contributed by atoms with van der Waals surface area (Å²) in [5, 5.41) is 10.6. The first-order valence-electron chi connectivity index (χ1n) is 39.7. The molecule has 0 spiro atoms. The van der Waals surface area contributed by atoms with Gasteiger partial charge in [0.25, 0.3) is 0 Å². The smallest absolute Gasteiger partial charge is 0.462 e. The third kappa shape index (κ3) is 69.0. The van der Waals surface area contributed by atoms with Crippen LogP contribution in [-0.2, 0) is 65.4 Å². The van der Waals surface area contributed by atoms with Gasteiger partial charge in [-0.3, -0.25) is 37.3 Å². The average Bonchev–Trinajstić information content (AvgIpc) is 2.56. The molecule has 95 heavy (non-hydrogen) atoms. The Balaban J connectivity index is 5.21. The topological polar surface area (TPSA) is 237 Å². The fourth-order valence-electron chi connectivity index (χ4n) is 11.7. The Kier molecular flexibility index (Phi) is 67.7. The SMILES string of the molecule is CCCCCCCCCCCCCCCCCCCCCCC(=O)O[C@H](COC(=O)CCCCCCCCCCCCCCC)COP(=O)(O)OC[C@@H](O)COP(=O)(O)OC[C@@H](COC(=O)CCCCCCCCCCCC)OC(=O)CCCCCCCCCCC(C)CC. The van der Waals surface area contributed by atoms with Crippen LogP contribution in [0.15, 0.2) is 0 Å². The summed E-state index contributed by atoms with van der Waals surface area (Å²) < 4.78 is 68.5. The molecule has 0 aromatic carbocycles. The molecule has 0 saturated carbocycles. The molecule has 0 bridgehead atoms. The largest absolute Gasteiger partial charge is 0.472 e. The molecule has 0 aliphatic heterocycles. The minimum Gasteiger partial charge on any atom is -0.462 e. The van der Waals surface area contributed by atoms with Gasteiger partial charge >= 0.3 is 39.5 Å². The molecular weight excluding hydrogens is 1250 g/mol. The van der Waals surface area contributed by atoms with Crippen LogP contribution in [0, 0.1) is 5.92 Å². The molecule has 17 nitrogen and oxygen atoms in total. The zero-order valence-corrected chi connectivity index (χ0v) is 63.6. The zero-order valence-electron chi connectivity index (χ0n) is 61.8. The molecule has 0 aliphatic carbocycles. The summed E-state index contributed by atoms with van der Waals surface area (Å²) in [5.74, 6) is -1.35. The Morgan fingerprint density at radius 3 is 0.747 bits per heavy atom. The molecule has 0 aliphatic rings. The number of aliphatic hydroxyl groups is 1. The van der Waals surface area contributed by atoms with Gasteiger partial charge in [0.1, 0.15) is 19.3 Å². The molecule has 0 aromatic heterocycles. The van der Waals surface area contributed by atoms with Crippen LogP contribution in [0.1, 0.15) is 401 Å². The normalized spacial score (nSPS) is 14.2. The van der Waals surface area contributed by atoms with E-state index in [4.69, 9.17) is 37.0 Å². The number of phosphoric ester groups is 2. The summed E-state index contributed by atoms with van der Waals surface area (Å²) in [6.07, 6.45) is 58.2. The van der Waals surface area contributed by atoms with Crippen LogP contribution in [-0.4, -0.2) is 96.7 Å². The molecule has 0 saturated heterocycles. The van der Waals surface area contributed by atoms with Crippen molar-refractivity contribution in [2.45, 2.75) is 419 Å². The number of ether oxygens (including phenoxy) is 4. The number of hydrogen-bond donors (Lipinski definition) is 3. The van der Waals surface area contributed by atoms with Gasteiger partial charge in [-0.05, 0) is 31.6 Å². The maximum atomic E-state index is 13.1. The van der Waals surface area contributed by atoms with Crippen molar-refractivity contribution >= 4 is 39.5 Å². The second kappa shape index (κ2) is 69.2. The molecular formula is C76H148O17P2. The second-order valence-corrected chi connectivity index (χ2v) is 30.5.